The number of rotatable bonds is 12. The van der Waals surface area contributed by atoms with Crippen LogP contribution in [0.1, 0.15) is 50.2 Å². The lowest BCUT2D eigenvalue weighted by Gasteiger charge is -2.33. The molecule has 0 spiro atoms. The molecule has 1 fully saturated rings. The molecule has 2 amide bonds. The highest BCUT2D eigenvalue weighted by atomic mass is 16.5. The summed E-state index contributed by atoms with van der Waals surface area (Å²) in [6, 6.07) is 16.0. The van der Waals surface area contributed by atoms with E-state index in [1.165, 1.54) is 10.9 Å². The Morgan fingerprint density at radius 2 is 1.77 bits per heavy atom. The molecule has 35 heavy (non-hydrogen) atoms. The molecule has 1 aliphatic rings. The highest BCUT2D eigenvalue weighted by Crippen LogP contribution is 2.28. The van der Waals surface area contributed by atoms with Crippen molar-refractivity contribution in [2.24, 2.45) is 5.92 Å². The lowest BCUT2D eigenvalue weighted by Crippen LogP contribution is -2.46. The van der Waals surface area contributed by atoms with E-state index < -0.39 is 0 Å². The molecule has 0 atom stereocenters. The lowest BCUT2D eigenvalue weighted by atomic mass is 9.84. The molecule has 4 rings (SSSR count). The van der Waals surface area contributed by atoms with E-state index in [9.17, 15) is 9.59 Å². The van der Waals surface area contributed by atoms with Crippen LogP contribution in [0.25, 0.3) is 10.9 Å². The maximum absolute atomic E-state index is 13.7. The van der Waals surface area contributed by atoms with E-state index in [0.717, 1.165) is 55.4 Å². The van der Waals surface area contributed by atoms with Crippen LogP contribution < -0.4 is 4.74 Å². The van der Waals surface area contributed by atoms with Gasteiger partial charge >= 0.3 is 0 Å². The first-order chi connectivity index (χ1) is 17.1. The smallest absolute Gasteiger partial charge is 0.242 e. The van der Waals surface area contributed by atoms with Gasteiger partial charge in [-0.3, -0.25) is 9.59 Å². The Morgan fingerprint density at radius 3 is 2.51 bits per heavy atom. The minimum Gasteiger partial charge on any atom is -0.496 e. The number of amides is 2. The topological polar surface area (TPSA) is 65.6 Å². The maximum Gasteiger partial charge on any atom is 0.242 e. The Morgan fingerprint density at radius 1 is 1.00 bits per heavy atom. The number of aromatic nitrogens is 1. The highest BCUT2D eigenvalue weighted by molar-refractivity contribution is 5.86. The van der Waals surface area contributed by atoms with Crippen LogP contribution in [0.4, 0.5) is 0 Å². The molecule has 1 heterocycles. The minimum absolute atomic E-state index is 0.0143. The third-order valence-electron chi connectivity index (χ3n) is 7.11. The summed E-state index contributed by atoms with van der Waals surface area (Å²) in [5.41, 5.74) is 3.25. The van der Waals surface area contributed by atoms with Crippen molar-refractivity contribution in [3.8, 4) is 5.75 Å². The van der Waals surface area contributed by atoms with E-state index in [-0.39, 0.29) is 24.3 Å². The Balaban J connectivity index is 1.52. The largest absolute Gasteiger partial charge is 0.496 e. The van der Waals surface area contributed by atoms with Gasteiger partial charge in [-0.2, -0.15) is 0 Å². The molecule has 1 saturated carbocycles. The van der Waals surface area contributed by atoms with Crippen molar-refractivity contribution in [3.05, 3.63) is 65.9 Å². The molecule has 6 nitrogen and oxygen atoms in total. The van der Waals surface area contributed by atoms with Gasteiger partial charge in [0.15, 0.2) is 0 Å². The fourth-order valence-corrected chi connectivity index (χ4v) is 4.72. The Hall–Kier alpha value is -3.28. The second-order valence-corrected chi connectivity index (χ2v) is 9.48. The first-order valence-electron chi connectivity index (χ1n) is 12.8. The predicted molar refractivity (Wildman–Crippen MR) is 139 cm³/mol. The molecule has 6 heteroatoms. The number of H-pyrrole nitrogens is 1. The average Bonchev–Trinajstić information content (AvgIpc) is 3.26. The van der Waals surface area contributed by atoms with Crippen molar-refractivity contribution in [1.82, 2.24) is 14.8 Å². The zero-order chi connectivity index (χ0) is 24.6. The van der Waals surface area contributed by atoms with E-state index in [2.05, 4.69) is 24.0 Å². The van der Waals surface area contributed by atoms with Crippen LogP contribution in [-0.2, 0) is 22.6 Å². The van der Waals surface area contributed by atoms with E-state index in [1.54, 1.807) is 12.0 Å². The minimum atomic E-state index is -0.0143. The first-order valence-corrected chi connectivity index (χ1v) is 12.8. The number of para-hydroxylation sites is 2. The molecule has 186 valence electrons. The van der Waals surface area contributed by atoms with Crippen LogP contribution in [0.2, 0.25) is 0 Å². The number of nitrogens with one attached hydrogen (secondary N) is 1. The monoisotopic (exact) mass is 475 g/mol. The molecule has 1 aliphatic carbocycles. The summed E-state index contributed by atoms with van der Waals surface area (Å²) >= 11 is 0. The van der Waals surface area contributed by atoms with E-state index >= 15 is 0 Å². The third-order valence-corrected chi connectivity index (χ3v) is 7.11. The van der Waals surface area contributed by atoms with Crippen molar-refractivity contribution >= 4 is 22.7 Å². The van der Waals surface area contributed by atoms with Crippen LogP contribution in [-0.4, -0.2) is 53.3 Å². The van der Waals surface area contributed by atoms with Crippen LogP contribution in [0.15, 0.2) is 54.7 Å². The number of methoxy groups -OCH3 is 1. The van der Waals surface area contributed by atoms with Crippen molar-refractivity contribution in [2.45, 2.75) is 52.0 Å². The molecule has 1 N–H and O–H groups in total. The van der Waals surface area contributed by atoms with Gasteiger partial charge < -0.3 is 19.5 Å². The number of carbonyl (C=O) groups excluding carboxylic acids is 2. The van der Waals surface area contributed by atoms with E-state index in [0.29, 0.717) is 19.6 Å². The summed E-state index contributed by atoms with van der Waals surface area (Å²) < 4.78 is 5.55. The molecule has 3 aromatic rings. The Bertz CT molecular complexity index is 1130. The number of hydrogen-bond acceptors (Lipinski definition) is 3. The second kappa shape index (κ2) is 11.9. The number of aromatic amines is 1. The second-order valence-electron chi connectivity index (χ2n) is 9.48. The van der Waals surface area contributed by atoms with Crippen LogP contribution >= 0.6 is 0 Å². The SMILES string of the molecule is CCCCN(CC(=O)N(CCc1c[nH]c2ccccc12)Cc1ccccc1OC)C(=O)C1CCC1. The Kier molecular flexibility index (Phi) is 8.45. The summed E-state index contributed by atoms with van der Waals surface area (Å²) in [5.74, 6) is 0.991. The van der Waals surface area contributed by atoms with Gasteiger partial charge in [-0.15, -0.1) is 0 Å². The van der Waals surface area contributed by atoms with Gasteiger partial charge in [0, 0.05) is 48.2 Å². The zero-order valence-electron chi connectivity index (χ0n) is 21.0. The molecule has 1 aromatic heterocycles. The summed E-state index contributed by atoms with van der Waals surface area (Å²) in [7, 11) is 1.65. The van der Waals surface area contributed by atoms with Gasteiger partial charge in [0.05, 0.1) is 13.7 Å². The van der Waals surface area contributed by atoms with Gasteiger partial charge in [0.25, 0.3) is 0 Å². The summed E-state index contributed by atoms with van der Waals surface area (Å²) in [6.45, 7) is 3.91. The van der Waals surface area contributed by atoms with Crippen molar-refractivity contribution in [2.75, 3.05) is 26.7 Å². The molecule has 0 bridgehead atoms. The van der Waals surface area contributed by atoms with Gasteiger partial charge in [-0.1, -0.05) is 56.2 Å². The van der Waals surface area contributed by atoms with Gasteiger partial charge in [-0.05, 0) is 43.4 Å². The number of benzene rings is 2. The Labute approximate surface area is 208 Å². The van der Waals surface area contributed by atoms with E-state index in [4.69, 9.17) is 4.74 Å². The fourth-order valence-electron chi connectivity index (χ4n) is 4.72. The standard InChI is InChI=1S/C29H37N3O3/c1-3-4-17-32(29(34)22-11-9-12-22)21-28(33)31(20-24-10-5-8-15-27(24)35-2)18-16-23-19-30-26-14-7-6-13-25(23)26/h5-8,10,13-15,19,22,30H,3-4,9,11-12,16-18,20-21H2,1-2H3. The normalized spacial score (nSPS) is 13.4. The molecular formula is C29H37N3O3. The van der Waals surface area contributed by atoms with Crippen LogP contribution in [0.5, 0.6) is 5.75 Å². The van der Waals surface area contributed by atoms with Crippen molar-refractivity contribution < 1.29 is 14.3 Å². The summed E-state index contributed by atoms with van der Waals surface area (Å²) in [4.78, 5) is 33.7. The predicted octanol–water partition coefficient (Wildman–Crippen LogP) is 5.18. The first kappa shape index (κ1) is 24.8. The third kappa shape index (κ3) is 6.05. The number of hydrogen-bond donors (Lipinski definition) is 1. The van der Waals surface area contributed by atoms with Gasteiger partial charge in [-0.25, -0.2) is 0 Å². The number of fused-ring (bicyclic) bond motifs is 1. The number of ether oxygens (including phenoxy) is 1. The zero-order valence-corrected chi connectivity index (χ0v) is 21.0. The van der Waals surface area contributed by atoms with E-state index in [1.807, 2.05) is 47.5 Å². The lowest BCUT2D eigenvalue weighted by molar-refractivity contribution is -0.145. The number of nitrogens with zero attached hydrogens (tertiary/aromatic N) is 2. The maximum atomic E-state index is 13.7. The van der Waals surface area contributed by atoms with Gasteiger partial charge in [0.1, 0.15) is 5.75 Å². The summed E-state index contributed by atoms with van der Waals surface area (Å²) in [6.07, 6.45) is 7.67. The molecule has 0 radical (unpaired) electrons. The van der Waals surface area contributed by atoms with Crippen molar-refractivity contribution in [3.63, 3.8) is 0 Å². The van der Waals surface area contributed by atoms with Crippen molar-refractivity contribution in [1.29, 1.82) is 0 Å². The molecule has 2 aromatic carbocycles. The molecule has 0 saturated heterocycles. The average molecular weight is 476 g/mol. The van der Waals surface area contributed by atoms with Gasteiger partial charge in [0.2, 0.25) is 11.8 Å². The molecular weight excluding hydrogens is 438 g/mol. The number of carbonyl (C=O) groups is 2. The molecule has 0 unspecified atom stereocenters. The molecule has 0 aliphatic heterocycles. The fraction of sp³-hybridized carbons (Fsp3) is 0.448. The summed E-state index contributed by atoms with van der Waals surface area (Å²) in [5, 5.41) is 1.18. The number of unbranched alkanes of at least 4 members (excludes halogenated alkanes) is 1. The van der Waals surface area contributed by atoms with Crippen LogP contribution in [0, 0.1) is 5.92 Å². The quantitative estimate of drug-likeness (QED) is 0.393. The van der Waals surface area contributed by atoms with Crippen LogP contribution in [0.3, 0.4) is 0 Å². The highest BCUT2D eigenvalue weighted by Gasteiger charge is 2.31.